The van der Waals surface area contributed by atoms with E-state index in [1.165, 1.54) is 23.5 Å². The molecule has 0 bridgehead atoms. The van der Waals surface area contributed by atoms with Crippen LogP contribution in [0.5, 0.6) is 5.75 Å². The standard InChI is InChI=1S/C12H8Br2F3NOS/c13-10(14)5-9-11(20-6-18-9)7-1-3-8(4-2-7)19-12(15,16)17/h1-4,6,10H,5H2. The fraction of sp³-hybridized carbons (Fsp3) is 0.250. The van der Waals surface area contributed by atoms with Crippen molar-refractivity contribution in [1.29, 1.82) is 0 Å². The quantitative estimate of drug-likeness (QED) is 0.608. The highest BCUT2D eigenvalue weighted by Crippen LogP contribution is 2.32. The minimum atomic E-state index is -4.67. The van der Waals surface area contributed by atoms with Crippen molar-refractivity contribution in [3.63, 3.8) is 0 Å². The highest BCUT2D eigenvalue weighted by atomic mass is 79.9. The Morgan fingerprint density at radius 2 is 1.85 bits per heavy atom. The molecule has 1 aromatic heterocycles. The third-order valence-corrected chi connectivity index (χ3v) is 3.90. The smallest absolute Gasteiger partial charge is 0.406 e. The summed E-state index contributed by atoms with van der Waals surface area (Å²) in [6, 6.07) is 5.78. The summed E-state index contributed by atoms with van der Waals surface area (Å²) < 4.78 is 40.2. The highest BCUT2D eigenvalue weighted by molar-refractivity contribution is 9.24. The SMILES string of the molecule is FC(F)(F)Oc1ccc(-c2scnc2CC(Br)Br)cc1. The molecule has 0 aliphatic heterocycles. The number of aromatic nitrogens is 1. The van der Waals surface area contributed by atoms with Gasteiger partial charge in [0.15, 0.2) is 0 Å². The van der Waals surface area contributed by atoms with E-state index in [9.17, 15) is 13.2 Å². The van der Waals surface area contributed by atoms with Crippen LogP contribution in [-0.4, -0.2) is 15.1 Å². The van der Waals surface area contributed by atoms with Crippen molar-refractivity contribution in [1.82, 2.24) is 4.98 Å². The Morgan fingerprint density at radius 1 is 1.20 bits per heavy atom. The number of nitrogens with zero attached hydrogens (tertiary/aromatic N) is 1. The largest absolute Gasteiger partial charge is 0.573 e. The van der Waals surface area contributed by atoms with Crippen molar-refractivity contribution in [2.45, 2.75) is 16.5 Å². The summed E-state index contributed by atoms with van der Waals surface area (Å²) >= 11 is 8.21. The van der Waals surface area contributed by atoms with Gasteiger partial charge < -0.3 is 4.74 Å². The van der Waals surface area contributed by atoms with Gasteiger partial charge in [0.2, 0.25) is 0 Å². The molecule has 0 saturated heterocycles. The molecule has 108 valence electrons. The summed E-state index contributed by atoms with van der Waals surface area (Å²) in [4.78, 5) is 5.20. The molecular weight excluding hydrogens is 423 g/mol. The van der Waals surface area contributed by atoms with Crippen LogP contribution >= 0.6 is 43.2 Å². The third kappa shape index (κ3) is 4.46. The minimum absolute atomic E-state index is 0.101. The molecule has 0 radical (unpaired) electrons. The van der Waals surface area contributed by atoms with Gasteiger partial charge in [0, 0.05) is 6.42 Å². The molecule has 0 saturated carbocycles. The van der Waals surface area contributed by atoms with E-state index in [2.05, 4.69) is 41.6 Å². The molecule has 0 N–H and O–H groups in total. The second kappa shape index (κ2) is 6.44. The zero-order chi connectivity index (χ0) is 14.8. The minimum Gasteiger partial charge on any atom is -0.406 e. The number of hydrogen-bond acceptors (Lipinski definition) is 3. The maximum atomic E-state index is 12.1. The first-order chi connectivity index (χ1) is 9.35. The van der Waals surface area contributed by atoms with Crippen molar-refractivity contribution in [2.75, 3.05) is 0 Å². The first-order valence-corrected chi connectivity index (χ1v) is 8.13. The van der Waals surface area contributed by atoms with Crippen LogP contribution in [0.1, 0.15) is 5.69 Å². The molecule has 1 aromatic carbocycles. The van der Waals surface area contributed by atoms with Crippen LogP contribution in [0.3, 0.4) is 0 Å². The van der Waals surface area contributed by atoms with Crippen LogP contribution in [0.15, 0.2) is 29.8 Å². The fourth-order valence-corrected chi connectivity index (χ4v) is 3.05. The Hall–Kier alpha value is -0.600. The van der Waals surface area contributed by atoms with Gasteiger partial charge >= 0.3 is 6.36 Å². The van der Waals surface area contributed by atoms with Crippen LogP contribution < -0.4 is 4.74 Å². The molecule has 0 amide bonds. The van der Waals surface area contributed by atoms with Crippen LogP contribution in [0.25, 0.3) is 10.4 Å². The molecule has 2 aromatic rings. The van der Waals surface area contributed by atoms with E-state index >= 15 is 0 Å². The van der Waals surface area contributed by atoms with Crippen LogP contribution in [0.4, 0.5) is 13.2 Å². The summed E-state index contributed by atoms with van der Waals surface area (Å²) in [6.07, 6.45) is -3.99. The lowest BCUT2D eigenvalue weighted by atomic mass is 10.1. The van der Waals surface area contributed by atoms with E-state index in [4.69, 9.17) is 0 Å². The summed E-state index contributed by atoms with van der Waals surface area (Å²) in [7, 11) is 0. The summed E-state index contributed by atoms with van der Waals surface area (Å²) in [6.45, 7) is 0. The van der Waals surface area contributed by atoms with E-state index in [0.29, 0.717) is 6.42 Å². The lowest BCUT2D eigenvalue weighted by Crippen LogP contribution is -2.16. The van der Waals surface area contributed by atoms with Gasteiger partial charge in [-0.3, -0.25) is 0 Å². The van der Waals surface area contributed by atoms with Gasteiger partial charge in [-0.15, -0.1) is 24.5 Å². The van der Waals surface area contributed by atoms with E-state index in [1.807, 2.05) is 0 Å². The molecule has 8 heteroatoms. The van der Waals surface area contributed by atoms with Crippen LogP contribution in [0.2, 0.25) is 0 Å². The van der Waals surface area contributed by atoms with E-state index in [-0.39, 0.29) is 9.49 Å². The molecule has 20 heavy (non-hydrogen) atoms. The van der Waals surface area contributed by atoms with Gasteiger partial charge in [-0.05, 0) is 29.8 Å². The fourth-order valence-electron chi connectivity index (χ4n) is 1.60. The lowest BCUT2D eigenvalue weighted by molar-refractivity contribution is -0.274. The maximum Gasteiger partial charge on any atom is 0.573 e. The number of ether oxygens (including phenoxy) is 1. The number of rotatable bonds is 4. The van der Waals surface area contributed by atoms with Crippen molar-refractivity contribution >= 4 is 43.2 Å². The molecule has 1 heterocycles. The first kappa shape index (κ1) is 15.8. The lowest BCUT2D eigenvalue weighted by Gasteiger charge is -2.09. The first-order valence-electron chi connectivity index (χ1n) is 5.42. The second-order valence-electron chi connectivity index (χ2n) is 3.80. The zero-order valence-corrected chi connectivity index (χ0v) is 13.8. The predicted octanol–water partition coefficient (Wildman–Crippen LogP) is 5.37. The number of hydrogen-bond donors (Lipinski definition) is 0. The molecule has 0 unspecified atom stereocenters. The molecule has 0 spiro atoms. The molecule has 2 rings (SSSR count). The van der Waals surface area contributed by atoms with E-state index < -0.39 is 6.36 Å². The Kier molecular flexibility index (Phi) is 5.09. The third-order valence-electron chi connectivity index (χ3n) is 2.34. The predicted molar refractivity (Wildman–Crippen MR) is 79.6 cm³/mol. The van der Waals surface area contributed by atoms with Gasteiger partial charge in [0.05, 0.1) is 19.8 Å². The highest BCUT2D eigenvalue weighted by Gasteiger charge is 2.31. The number of alkyl halides is 5. The molecule has 2 nitrogen and oxygen atoms in total. The number of thiazole rings is 1. The molecule has 0 aliphatic rings. The molecule has 0 aliphatic carbocycles. The van der Waals surface area contributed by atoms with Gasteiger partial charge in [-0.2, -0.15) is 0 Å². The van der Waals surface area contributed by atoms with Crippen molar-refractivity contribution in [3.8, 4) is 16.2 Å². The average Bonchev–Trinajstić information content (AvgIpc) is 2.75. The summed E-state index contributed by atoms with van der Waals surface area (Å²) in [5.74, 6) is -0.230. The molecule has 0 fully saturated rings. The van der Waals surface area contributed by atoms with Crippen molar-refractivity contribution < 1.29 is 17.9 Å². The van der Waals surface area contributed by atoms with Crippen molar-refractivity contribution in [2.24, 2.45) is 0 Å². The maximum absolute atomic E-state index is 12.1. The Morgan fingerprint density at radius 3 is 2.40 bits per heavy atom. The van der Waals surface area contributed by atoms with Gasteiger partial charge in [0.25, 0.3) is 0 Å². The zero-order valence-electron chi connectivity index (χ0n) is 9.82. The Balaban J connectivity index is 2.20. The Labute approximate surface area is 134 Å². The van der Waals surface area contributed by atoms with E-state index in [0.717, 1.165) is 16.1 Å². The van der Waals surface area contributed by atoms with E-state index in [1.54, 1.807) is 17.6 Å². The van der Waals surface area contributed by atoms with Gasteiger partial charge in [-0.1, -0.05) is 31.9 Å². The van der Waals surface area contributed by atoms with Crippen molar-refractivity contribution in [3.05, 3.63) is 35.5 Å². The summed E-state index contributed by atoms with van der Waals surface area (Å²) in [5.41, 5.74) is 3.42. The monoisotopic (exact) mass is 429 g/mol. The molecular formula is C12H8Br2F3NOS. The van der Waals surface area contributed by atoms with Gasteiger partial charge in [-0.25, -0.2) is 4.98 Å². The molecule has 0 atom stereocenters. The topological polar surface area (TPSA) is 22.1 Å². The number of halogens is 5. The van der Waals surface area contributed by atoms with Crippen LogP contribution in [-0.2, 0) is 6.42 Å². The van der Waals surface area contributed by atoms with Crippen LogP contribution in [0, 0.1) is 0 Å². The normalized spacial score (nSPS) is 11.9. The van der Waals surface area contributed by atoms with Gasteiger partial charge in [0.1, 0.15) is 5.75 Å². The Bertz CT molecular complexity index is 569. The second-order valence-corrected chi connectivity index (χ2v) is 8.09. The summed E-state index contributed by atoms with van der Waals surface area (Å²) in [5, 5.41) is 0. The number of benzene rings is 1. The average molecular weight is 431 g/mol.